The van der Waals surface area contributed by atoms with Crippen molar-refractivity contribution in [2.24, 2.45) is 0 Å². The lowest BCUT2D eigenvalue weighted by Crippen LogP contribution is -2.14. The third-order valence-electron chi connectivity index (χ3n) is 2.89. The summed E-state index contributed by atoms with van der Waals surface area (Å²) in [5, 5.41) is 7.61. The van der Waals surface area contributed by atoms with Crippen LogP contribution >= 0.6 is 0 Å². The lowest BCUT2D eigenvalue weighted by Gasteiger charge is -2.05. The highest BCUT2D eigenvalue weighted by Gasteiger charge is 2.21. The third kappa shape index (κ3) is 1.92. The average molecular weight is 289 g/mol. The number of fused-ring (bicyclic) bond motifs is 1. The number of nitrogens with zero attached hydrogens (tertiary/aromatic N) is 3. The molecule has 102 valence electrons. The number of rotatable bonds is 3. The smallest absolute Gasteiger partial charge is 0.284 e. The molecule has 0 fully saturated rings. The first-order valence-corrected chi connectivity index (χ1v) is 7.27. The molecule has 0 atom stereocenters. The van der Waals surface area contributed by atoms with E-state index in [9.17, 15) is 8.42 Å². The minimum Gasteiger partial charge on any atom is -0.497 e. The van der Waals surface area contributed by atoms with Crippen molar-refractivity contribution in [2.75, 3.05) is 7.11 Å². The van der Waals surface area contributed by atoms with Crippen LogP contribution in [0.25, 0.3) is 11.0 Å². The highest BCUT2D eigenvalue weighted by Crippen LogP contribution is 2.22. The molecule has 0 amide bonds. The zero-order valence-electron chi connectivity index (χ0n) is 10.6. The van der Waals surface area contributed by atoms with Gasteiger partial charge in [0, 0.05) is 6.07 Å². The first-order valence-electron chi connectivity index (χ1n) is 5.83. The summed E-state index contributed by atoms with van der Waals surface area (Å²) < 4.78 is 31.1. The van der Waals surface area contributed by atoms with Gasteiger partial charge in [-0.2, -0.15) is 8.42 Å². The van der Waals surface area contributed by atoms with Gasteiger partial charge in [0.15, 0.2) is 0 Å². The van der Waals surface area contributed by atoms with Crippen molar-refractivity contribution < 1.29 is 13.2 Å². The second kappa shape index (κ2) is 4.61. The van der Waals surface area contributed by atoms with Gasteiger partial charge in [-0.3, -0.25) is 0 Å². The molecule has 0 saturated carbocycles. The van der Waals surface area contributed by atoms with E-state index < -0.39 is 10.0 Å². The van der Waals surface area contributed by atoms with Crippen LogP contribution in [0.1, 0.15) is 0 Å². The maximum Gasteiger partial charge on any atom is 0.284 e. The van der Waals surface area contributed by atoms with Gasteiger partial charge in [-0.05, 0) is 24.3 Å². The van der Waals surface area contributed by atoms with Gasteiger partial charge in [-0.1, -0.05) is 23.4 Å². The van der Waals surface area contributed by atoms with Crippen LogP contribution in [0.4, 0.5) is 0 Å². The zero-order chi connectivity index (χ0) is 14.2. The van der Waals surface area contributed by atoms with E-state index in [4.69, 9.17) is 4.74 Å². The molecule has 0 unspecified atom stereocenters. The van der Waals surface area contributed by atoms with Crippen molar-refractivity contribution in [3.63, 3.8) is 0 Å². The summed E-state index contributed by atoms with van der Waals surface area (Å²) in [5.74, 6) is 0.546. The molecule has 3 rings (SSSR count). The first kappa shape index (κ1) is 12.6. The molecule has 2 aromatic carbocycles. The number of hydrogen-bond donors (Lipinski definition) is 0. The molecule has 1 aromatic heterocycles. The molecule has 7 heteroatoms. The maximum absolute atomic E-state index is 12.5. The summed E-state index contributed by atoms with van der Waals surface area (Å²) in [5.41, 5.74) is 0.874. The summed E-state index contributed by atoms with van der Waals surface area (Å²) in [6.07, 6.45) is 0. The van der Waals surface area contributed by atoms with E-state index in [0.29, 0.717) is 16.8 Å². The highest BCUT2D eigenvalue weighted by atomic mass is 32.2. The van der Waals surface area contributed by atoms with Gasteiger partial charge in [-0.25, -0.2) is 0 Å². The van der Waals surface area contributed by atoms with E-state index in [0.717, 1.165) is 4.09 Å². The molecule has 0 bridgehead atoms. The largest absolute Gasteiger partial charge is 0.497 e. The molecule has 0 N–H and O–H groups in total. The fourth-order valence-electron chi connectivity index (χ4n) is 1.87. The summed E-state index contributed by atoms with van der Waals surface area (Å²) >= 11 is 0. The number of ether oxygens (including phenoxy) is 1. The Kier molecular flexibility index (Phi) is 2.90. The number of hydrogen-bond acceptors (Lipinski definition) is 5. The number of methoxy groups -OCH3 is 1. The molecular weight excluding hydrogens is 278 g/mol. The molecular formula is C13H11N3O3S. The van der Waals surface area contributed by atoms with Gasteiger partial charge >= 0.3 is 0 Å². The van der Waals surface area contributed by atoms with Crippen LogP contribution in [0.15, 0.2) is 53.4 Å². The predicted octanol–water partition coefficient (Wildman–Crippen LogP) is 1.68. The average Bonchev–Trinajstić information content (AvgIpc) is 2.91. The Hall–Kier alpha value is -2.41. The van der Waals surface area contributed by atoms with Gasteiger partial charge in [0.05, 0.1) is 12.0 Å². The van der Waals surface area contributed by atoms with E-state index in [1.807, 2.05) is 0 Å². The predicted molar refractivity (Wildman–Crippen MR) is 73.1 cm³/mol. The van der Waals surface area contributed by atoms with Gasteiger partial charge in [0.25, 0.3) is 10.0 Å². The number of benzene rings is 2. The lowest BCUT2D eigenvalue weighted by atomic mass is 10.3. The van der Waals surface area contributed by atoms with Gasteiger partial charge in [0.1, 0.15) is 16.8 Å². The van der Waals surface area contributed by atoms with Crippen molar-refractivity contribution in [1.29, 1.82) is 0 Å². The standard InChI is InChI=1S/C13H11N3O3S/c1-19-10-7-8-12-13(9-10)16(15-14-12)20(17,18)11-5-3-2-4-6-11/h2-9H,1H3. The third-order valence-corrected chi connectivity index (χ3v) is 4.48. The molecule has 0 radical (unpaired) electrons. The Balaban J connectivity index is 2.24. The van der Waals surface area contributed by atoms with Crippen molar-refractivity contribution in [3.05, 3.63) is 48.5 Å². The van der Waals surface area contributed by atoms with Crippen LogP contribution in [0.5, 0.6) is 5.75 Å². The van der Waals surface area contributed by atoms with E-state index in [2.05, 4.69) is 10.3 Å². The SMILES string of the molecule is COc1ccc2nnn(S(=O)(=O)c3ccccc3)c2c1. The van der Waals surface area contributed by atoms with E-state index in [-0.39, 0.29) is 4.90 Å². The van der Waals surface area contributed by atoms with Crippen LogP contribution < -0.4 is 4.74 Å². The molecule has 20 heavy (non-hydrogen) atoms. The van der Waals surface area contributed by atoms with Gasteiger partial charge in [0.2, 0.25) is 0 Å². The quantitative estimate of drug-likeness (QED) is 0.733. The second-order valence-electron chi connectivity index (χ2n) is 4.11. The lowest BCUT2D eigenvalue weighted by molar-refractivity contribution is 0.415. The first-order chi connectivity index (χ1) is 9.63. The van der Waals surface area contributed by atoms with E-state index in [1.54, 1.807) is 36.4 Å². The van der Waals surface area contributed by atoms with E-state index >= 15 is 0 Å². The van der Waals surface area contributed by atoms with Crippen molar-refractivity contribution in [1.82, 2.24) is 14.4 Å². The zero-order valence-corrected chi connectivity index (χ0v) is 11.4. The van der Waals surface area contributed by atoms with Crippen LogP contribution in [0.2, 0.25) is 0 Å². The minimum absolute atomic E-state index is 0.162. The van der Waals surface area contributed by atoms with Crippen molar-refractivity contribution in [3.8, 4) is 5.75 Å². The molecule has 0 aliphatic rings. The minimum atomic E-state index is -3.76. The fraction of sp³-hybridized carbons (Fsp3) is 0.0769. The molecule has 0 aliphatic heterocycles. The van der Waals surface area contributed by atoms with Crippen LogP contribution in [-0.4, -0.2) is 29.9 Å². The van der Waals surface area contributed by atoms with Crippen LogP contribution in [0, 0.1) is 0 Å². The molecule has 6 nitrogen and oxygen atoms in total. The highest BCUT2D eigenvalue weighted by molar-refractivity contribution is 7.90. The topological polar surface area (TPSA) is 74.1 Å². The Morgan fingerprint density at radius 1 is 1.10 bits per heavy atom. The Morgan fingerprint density at radius 2 is 1.85 bits per heavy atom. The summed E-state index contributed by atoms with van der Waals surface area (Å²) in [6.45, 7) is 0. The summed E-state index contributed by atoms with van der Waals surface area (Å²) in [4.78, 5) is 0.162. The fourth-order valence-corrected chi connectivity index (χ4v) is 3.11. The Morgan fingerprint density at radius 3 is 2.55 bits per heavy atom. The maximum atomic E-state index is 12.5. The molecule has 0 saturated heterocycles. The number of aromatic nitrogens is 3. The van der Waals surface area contributed by atoms with Gasteiger partial charge in [-0.15, -0.1) is 9.19 Å². The van der Waals surface area contributed by atoms with Crippen LogP contribution in [-0.2, 0) is 10.0 Å². The second-order valence-corrected chi connectivity index (χ2v) is 5.87. The van der Waals surface area contributed by atoms with E-state index in [1.165, 1.54) is 19.2 Å². The monoisotopic (exact) mass is 289 g/mol. The Labute approximate surface area is 115 Å². The van der Waals surface area contributed by atoms with Crippen LogP contribution in [0.3, 0.4) is 0 Å². The summed E-state index contributed by atoms with van der Waals surface area (Å²) in [6, 6.07) is 13.1. The molecule has 0 aliphatic carbocycles. The summed E-state index contributed by atoms with van der Waals surface area (Å²) in [7, 11) is -2.24. The molecule has 0 spiro atoms. The van der Waals surface area contributed by atoms with Crippen molar-refractivity contribution >= 4 is 21.1 Å². The molecule has 3 aromatic rings. The normalized spacial score (nSPS) is 11.7. The molecule has 1 heterocycles. The van der Waals surface area contributed by atoms with Crippen molar-refractivity contribution in [2.45, 2.75) is 4.90 Å². The van der Waals surface area contributed by atoms with Gasteiger partial charge < -0.3 is 4.74 Å². The Bertz CT molecular complexity index is 857.